The van der Waals surface area contributed by atoms with Crippen LogP contribution in [0.25, 0.3) is 0 Å². The fraction of sp³-hybridized carbons (Fsp3) is 0.773. The Morgan fingerprint density at radius 3 is 2.78 bits per heavy atom. The van der Waals surface area contributed by atoms with Crippen LogP contribution in [0.4, 0.5) is 0 Å². The summed E-state index contributed by atoms with van der Waals surface area (Å²) in [6.45, 7) is 0. The molecular formula is C22H32O5. The van der Waals surface area contributed by atoms with Crippen LogP contribution in [0.1, 0.15) is 64.2 Å². The normalized spacial score (nSPS) is 35.8. The average Bonchev–Trinajstić information content (AvgIpc) is 3.12. The maximum absolute atomic E-state index is 10.8. The SMILES string of the molecule is CO[C@@]12CC[C@H](O)[C@@H](C#C[C@@H](O)CC3CCCC3)[C@@H]1CC2=CCCC(=O)O. The zero-order valence-electron chi connectivity index (χ0n) is 16.2. The Labute approximate surface area is 161 Å². The number of allylic oxidation sites excluding steroid dienone is 1. The predicted octanol–water partition coefficient (Wildman–Crippen LogP) is 2.90. The first-order valence-corrected chi connectivity index (χ1v) is 10.3. The monoisotopic (exact) mass is 376 g/mol. The number of carboxylic acid groups (broad SMARTS) is 1. The van der Waals surface area contributed by atoms with Crippen LogP contribution in [0.5, 0.6) is 0 Å². The van der Waals surface area contributed by atoms with E-state index < -0.39 is 23.8 Å². The van der Waals surface area contributed by atoms with E-state index in [0.29, 0.717) is 18.8 Å². The van der Waals surface area contributed by atoms with Crippen LogP contribution < -0.4 is 0 Å². The number of ether oxygens (including phenoxy) is 1. The molecule has 0 unspecified atom stereocenters. The van der Waals surface area contributed by atoms with Crippen molar-refractivity contribution in [1.29, 1.82) is 0 Å². The van der Waals surface area contributed by atoms with Gasteiger partial charge in [-0.3, -0.25) is 4.79 Å². The molecule has 0 aromatic heterocycles. The lowest BCUT2D eigenvalue weighted by Gasteiger charge is -2.57. The highest BCUT2D eigenvalue weighted by Crippen LogP contribution is 2.56. The number of methoxy groups -OCH3 is 1. The smallest absolute Gasteiger partial charge is 0.303 e. The summed E-state index contributed by atoms with van der Waals surface area (Å²) in [6.07, 6.45) is 9.22. The van der Waals surface area contributed by atoms with Crippen molar-refractivity contribution in [3.63, 3.8) is 0 Å². The van der Waals surface area contributed by atoms with Crippen molar-refractivity contribution in [3.8, 4) is 11.8 Å². The second-order valence-corrected chi connectivity index (χ2v) is 8.39. The van der Waals surface area contributed by atoms with Crippen LogP contribution in [0, 0.1) is 29.6 Å². The Hall–Kier alpha value is -1.35. The van der Waals surface area contributed by atoms with Gasteiger partial charge in [-0.15, -0.1) is 0 Å². The van der Waals surface area contributed by atoms with Gasteiger partial charge in [0.25, 0.3) is 0 Å². The molecule has 27 heavy (non-hydrogen) atoms. The Bertz CT molecular complexity index is 624. The number of rotatable bonds is 6. The van der Waals surface area contributed by atoms with E-state index in [1.54, 1.807) is 7.11 Å². The number of carboxylic acids is 1. The summed E-state index contributed by atoms with van der Waals surface area (Å²) in [6, 6.07) is 0. The number of fused-ring (bicyclic) bond motifs is 1. The summed E-state index contributed by atoms with van der Waals surface area (Å²) in [4.78, 5) is 10.8. The maximum atomic E-state index is 10.8. The molecule has 0 aromatic rings. The molecule has 150 valence electrons. The van der Waals surface area contributed by atoms with Crippen molar-refractivity contribution >= 4 is 5.97 Å². The number of aliphatic carboxylic acids is 1. The largest absolute Gasteiger partial charge is 0.481 e. The van der Waals surface area contributed by atoms with Crippen LogP contribution in [0.2, 0.25) is 0 Å². The molecule has 0 aromatic carbocycles. The van der Waals surface area contributed by atoms with E-state index in [0.717, 1.165) is 24.8 Å². The van der Waals surface area contributed by atoms with Gasteiger partial charge in [0.2, 0.25) is 0 Å². The summed E-state index contributed by atoms with van der Waals surface area (Å²) in [7, 11) is 1.69. The van der Waals surface area contributed by atoms with Crippen LogP contribution in [0.3, 0.4) is 0 Å². The fourth-order valence-corrected chi connectivity index (χ4v) is 5.28. The highest BCUT2D eigenvalue weighted by atomic mass is 16.5. The topological polar surface area (TPSA) is 87.0 Å². The minimum Gasteiger partial charge on any atom is -0.481 e. The molecule has 3 rings (SSSR count). The van der Waals surface area contributed by atoms with E-state index in [4.69, 9.17) is 9.84 Å². The second kappa shape index (κ2) is 8.77. The molecular weight excluding hydrogens is 344 g/mol. The summed E-state index contributed by atoms with van der Waals surface area (Å²) in [5.41, 5.74) is 0.717. The van der Waals surface area contributed by atoms with Gasteiger partial charge in [-0.05, 0) is 43.6 Å². The van der Waals surface area contributed by atoms with Crippen LogP contribution in [-0.2, 0) is 9.53 Å². The Morgan fingerprint density at radius 2 is 2.11 bits per heavy atom. The number of aliphatic hydroxyl groups is 2. The van der Waals surface area contributed by atoms with Gasteiger partial charge in [-0.1, -0.05) is 43.6 Å². The molecule has 5 atom stereocenters. The minimum absolute atomic E-state index is 0.105. The molecule has 0 amide bonds. The summed E-state index contributed by atoms with van der Waals surface area (Å²) in [5, 5.41) is 29.6. The lowest BCUT2D eigenvalue weighted by molar-refractivity contribution is -0.139. The summed E-state index contributed by atoms with van der Waals surface area (Å²) >= 11 is 0. The fourth-order valence-electron chi connectivity index (χ4n) is 5.28. The molecule has 3 aliphatic carbocycles. The maximum Gasteiger partial charge on any atom is 0.303 e. The Morgan fingerprint density at radius 1 is 1.37 bits per heavy atom. The molecule has 0 bridgehead atoms. The van der Waals surface area contributed by atoms with Crippen molar-refractivity contribution in [2.75, 3.05) is 7.11 Å². The van der Waals surface area contributed by atoms with Gasteiger partial charge in [0.1, 0.15) is 6.10 Å². The third-order valence-corrected chi connectivity index (χ3v) is 6.80. The average molecular weight is 376 g/mol. The number of hydrogen-bond donors (Lipinski definition) is 3. The third-order valence-electron chi connectivity index (χ3n) is 6.80. The van der Waals surface area contributed by atoms with Crippen LogP contribution in [0.15, 0.2) is 11.6 Å². The van der Waals surface area contributed by atoms with E-state index in [2.05, 4.69) is 11.8 Å². The first-order chi connectivity index (χ1) is 13.0. The van der Waals surface area contributed by atoms with Gasteiger partial charge in [0.15, 0.2) is 0 Å². The lowest BCUT2D eigenvalue weighted by Crippen LogP contribution is -2.59. The zero-order valence-corrected chi connectivity index (χ0v) is 16.2. The highest BCUT2D eigenvalue weighted by molar-refractivity contribution is 5.66. The van der Waals surface area contributed by atoms with Gasteiger partial charge >= 0.3 is 5.97 Å². The minimum atomic E-state index is -0.798. The second-order valence-electron chi connectivity index (χ2n) is 8.39. The molecule has 5 nitrogen and oxygen atoms in total. The van der Waals surface area contributed by atoms with Crippen molar-refractivity contribution in [2.45, 2.75) is 82.0 Å². The van der Waals surface area contributed by atoms with Crippen molar-refractivity contribution in [1.82, 2.24) is 0 Å². The molecule has 3 N–H and O–H groups in total. The molecule has 0 saturated heterocycles. The van der Waals surface area contributed by atoms with Gasteiger partial charge < -0.3 is 20.1 Å². The third kappa shape index (κ3) is 4.39. The van der Waals surface area contributed by atoms with Crippen LogP contribution in [-0.4, -0.2) is 46.2 Å². The van der Waals surface area contributed by atoms with Crippen LogP contribution >= 0.6 is 0 Å². The van der Waals surface area contributed by atoms with Crippen molar-refractivity contribution in [2.24, 2.45) is 17.8 Å². The van der Waals surface area contributed by atoms with Gasteiger partial charge in [0, 0.05) is 19.4 Å². The zero-order chi connectivity index (χ0) is 19.4. The number of carbonyl (C=O) groups is 1. The first kappa shape index (κ1) is 20.4. The Kier molecular flexibility index (Phi) is 6.62. The molecule has 3 aliphatic rings. The molecule has 3 fully saturated rings. The van der Waals surface area contributed by atoms with E-state index in [-0.39, 0.29) is 18.3 Å². The van der Waals surface area contributed by atoms with E-state index in [1.165, 1.54) is 25.7 Å². The quantitative estimate of drug-likeness (QED) is 0.490. The van der Waals surface area contributed by atoms with Gasteiger partial charge in [-0.2, -0.15) is 0 Å². The van der Waals surface area contributed by atoms with Crippen molar-refractivity contribution < 1.29 is 24.9 Å². The van der Waals surface area contributed by atoms with E-state index >= 15 is 0 Å². The molecule has 0 aliphatic heterocycles. The number of aliphatic hydroxyl groups excluding tert-OH is 2. The molecule has 0 radical (unpaired) electrons. The Balaban J connectivity index is 1.66. The van der Waals surface area contributed by atoms with Gasteiger partial charge in [0.05, 0.1) is 17.6 Å². The molecule has 3 saturated carbocycles. The number of hydrogen-bond acceptors (Lipinski definition) is 4. The lowest BCUT2D eigenvalue weighted by atomic mass is 9.53. The van der Waals surface area contributed by atoms with Crippen molar-refractivity contribution in [3.05, 3.63) is 11.6 Å². The summed E-state index contributed by atoms with van der Waals surface area (Å²) in [5.74, 6) is 5.87. The van der Waals surface area contributed by atoms with E-state index in [1.807, 2.05) is 6.08 Å². The molecule has 0 spiro atoms. The summed E-state index contributed by atoms with van der Waals surface area (Å²) < 4.78 is 5.88. The standard InChI is InChI=1S/C22H32O5/c1-27-22-12-11-20(24)18(10-9-17(23)13-15-5-2-3-6-15)19(22)14-16(22)7-4-8-21(25)26/h7,15,17-20,23-24H,2-6,8,11-14H2,1H3,(H,25,26)/t17-,18+,19+,20+,22-/m1/s1. The van der Waals surface area contributed by atoms with E-state index in [9.17, 15) is 15.0 Å². The van der Waals surface area contributed by atoms with Gasteiger partial charge in [-0.25, -0.2) is 0 Å². The predicted molar refractivity (Wildman–Crippen MR) is 102 cm³/mol. The molecule has 0 heterocycles. The highest BCUT2D eigenvalue weighted by Gasteiger charge is 2.58. The molecule has 5 heteroatoms. The first-order valence-electron chi connectivity index (χ1n) is 10.3.